The van der Waals surface area contributed by atoms with Crippen LogP contribution >= 0.6 is 0 Å². The molecule has 0 amide bonds. The number of nitrogens with one attached hydrogen (secondary N) is 1. The van der Waals surface area contributed by atoms with Gasteiger partial charge < -0.3 is 0 Å². The van der Waals surface area contributed by atoms with Gasteiger partial charge in [-0.2, -0.15) is 10.1 Å². The van der Waals surface area contributed by atoms with Gasteiger partial charge >= 0.3 is 0 Å². The molecule has 1 aromatic carbocycles. The maximum atomic E-state index is 13.2. The minimum absolute atomic E-state index is 0.174. The van der Waals surface area contributed by atoms with Crippen molar-refractivity contribution < 1.29 is 0 Å². The third-order valence-corrected chi connectivity index (χ3v) is 5.39. The number of fused-ring (bicyclic) bond motifs is 2. The smallest absolute Gasteiger partial charge is 0.262 e. The van der Waals surface area contributed by atoms with Crippen molar-refractivity contribution in [2.24, 2.45) is 0 Å². The van der Waals surface area contributed by atoms with Crippen LogP contribution in [0.4, 0.5) is 0 Å². The highest BCUT2D eigenvalue weighted by Gasteiger charge is 2.22. The summed E-state index contributed by atoms with van der Waals surface area (Å²) in [6, 6.07) is 12.1. The molecule has 0 aliphatic heterocycles. The quantitative estimate of drug-likeness (QED) is 0.583. The third-order valence-electron chi connectivity index (χ3n) is 5.39. The molecule has 0 saturated carbocycles. The second-order valence-electron chi connectivity index (χ2n) is 7.41. The van der Waals surface area contributed by atoms with Crippen molar-refractivity contribution >= 4 is 11.0 Å². The number of hydrogen-bond donors (Lipinski definition) is 1. The molecule has 0 unspecified atom stereocenters. The van der Waals surface area contributed by atoms with Crippen LogP contribution in [0.25, 0.3) is 28.1 Å². The van der Waals surface area contributed by atoms with Crippen LogP contribution < -0.4 is 5.56 Å². The fraction of sp³-hybridized carbons (Fsp3) is 0.273. The lowest BCUT2D eigenvalue weighted by Gasteiger charge is -2.20. The van der Waals surface area contributed by atoms with Crippen molar-refractivity contribution in [3.8, 4) is 17.1 Å². The molecule has 1 aliphatic rings. The van der Waals surface area contributed by atoms with E-state index >= 15 is 0 Å². The summed E-state index contributed by atoms with van der Waals surface area (Å²) in [4.78, 5) is 25.6. The summed E-state index contributed by atoms with van der Waals surface area (Å²) in [5.41, 5.74) is 6.39. The summed E-state index contributed by atoms with van der Waals surface area (Å²) in [5.74, 6) is 0.408. The van der Waals surface area contributed by atoms with Crippen LogP contribution in [0.2, 0.25) is 0 Å². The molecule has 6 nitrogen and oxygen atoms in total. The second-order valence-corrected chi connectivity index (χ2v) is 7.41. The van der Waals surface area contributed by atoms with Crippen molar-refractivity contribution in [3.63, 3.8) is 0 Å². The standard InChI is InChI=1S/C22H21N5O/c1-13-12-14(2)27(26-13)22-24-20-19(21(28)25-22)18(15-8-4-3-5-9-15)16-10-6-7-11-17(16)23-20/h3-5,8-9,12H,6-7,10-11H2,1-2H3,(H,23,24,25,28). The molecule has 6 heteroatoms. The second kappa shape index (κ2) is 6.41. The topological polar surface area (TPSA) is 76.5 Å². The Labute approximate surface area is 162 Å². The number of aryl methyl sites for hydroxylation is 3. The molecule has 5 rings (SSSR count). The van der Waals surface area contributed by atoms with Crippen molar-refractivity contribution in [1.82, 2.24) is 24.7 Å². The van der Waals surface area contributed by atoms with Gasteiger partial charge in [-0.25, -0.2) is 9.67 Å². The van der Waals surface area contributed by atoms with Crippen molar-refractivity contribution in [1.29, 1.82) is 0 Å². The monoisotopic (exact) mass is 371 g/mol. The van der Waals surface area contributed by atoms with E-state index < -0.39 is 0 Å². The molecule has 0 bridgehead atoms. The maximum absolute atomic E-state index is 13.2. The first-order valence-electron chi connectivity index (χ1n) is 9.66. The third kappa shape index (κ3) is 2.64. The summed E-state index contributed by atoms with van der Waals surface area (Å²) in [5, 5.41) is 5.02. The maximum Gasteiger partial charge on any atom is 0.262 e. The minimum atomic E-state index is -0.174. The van der Waals surface area contributed by atoms with Crippen LogP contribution in [0.5, 0.6) is 0 Å². The molecule has 0 spiro atoms. The van der Waals surface area contributed by atoms with Gasteiger partial charge in [0, 0.05) is 17.0 Å². The number of benzene rings is 1. The number of rotatable bonds is 2. The highest BCUT2D eigenvalue weighted by molar-refractivity contribution is 5.94. The van der Waals surface area contributed by atoms with E-state index in [2.05, 4.69) is 22.2 Å². The van der Waals surface area contributed by atoms with Gasteiger partial charge in [-0.15, -0.1) is 0 Å². The van der Waals surface area contributed by atoms with Gasteiger partial charge in [0.2, 0.25) is 5.95 Å². The van der Waals surface area contributed by atoms with Gasteiger partial charge in [0.25, 0.3) is 5.56 Å². The number of H-pyrrole nitrogens is 1. The Morgan fingerprint density at radius 3 is 2.57 bits per heavy atom. The first kappa shape index (κ1) is 16.9. The number of aromatic amines is 1. The molecule has 0 radical (unpaired) electrons. The van der Waals surface area contributed by atoms with Gasteiger partial charge in [0.05, 0.1) is 11.1 Å². The fourth-order valence-electron chi connectivity index (χ4n) is 4.18. The van der Waals surface area contributed by atoms with Crippen LogP contribution in [-0.4, -0.2) is 24.7 Å². The Hall–Kier alpha value is -3.28. The normalized spacial score (nSPS) is 13.6. The minimum Gasteiger partial charge on any atom is -0.290 e. The molecular weight excluding hydrogens is 350 g/mol. The number of aromatic nitrogens is 5. The summed E-state index contributed by atoms with van der Waals surface area (Å²) in [7, 11) is 0. The van der Waals surface area contributed by atoms with Crippen molar-refractivity contribution in [3.05, 3.63) is 69.4 Å². The first-order chi connectivity index (χ1) is 13.6. The average molecular weight is 371 g/mol. The highest BCUT2D eigenvalue weighted by atomic mass is 16.1. The lowest BCUT2D eigenvalue weighted by atomic mass is 9.87. The zero-order valence-electron chi connectivity index (χ0n) is 16.0. The van der Waals surface area contributed by atoms with Gasteiger partial charge in [-0.05, 0) is 56.7 Å². The predicted molar refractivity (Wildman–Crippen MR) is 109 cm³/mol. The van der Waals surface area contributed by atoms with E-state index in [0.717, 1.165) is 53.9 Å². The van der Waals surface area contributed by atoms with Crippen molar-refractivity contribution in [2.45, 2.75) is 39.5 Å². The first-order valence-corrected chi connectivity index (χ1v) is 9.66. The van der Waals surface area contributed by atoms with E-state index in [-0.39, 0.29) is 5.56 Å². The van der Waals surface area contributed by atoms with Crippen molar-refractivity contribution in [2.75, 3.05) is 0 Å². The van der Waals surface area contributed by atoms with Gasteiger partial charge in [0.1, 0.15) is 0 Å². The molecule has 3 aromatic heterocycles. The fourth-order valence-corrected chi connectivity index (χ4v) is 4.18. The van der Waals surface area contributed by atoms with Crippen LogP contribution in [0.1, 0.15) is 35.5 Å². The van der Waals surface area contributed by atoms with Gasteiger partial charge in [-0.1, -0.05) is 30.3 Å². The van der Waals surface area contributed by atoms with Crippen LogP contribution in [-0.2, 0) is 12.8 Å². The Kier molecular flexibility index (Phi) is 3.86. The molecule has 0 atom stereocenters. The Balaban J connectivity index is 1.85. The zero-order chi connectivity index (χ0) is 19.3. The molecular formula is C22H21N5O. The van der Waals surface area contributed by atoms with Crippen LogP contribution in [0.3, 0.4) is 0 Å². The largest absolute Gasteiger partial charge is 0.290 e. The molecule has 3 heterocycles. The van der Waals surface area contributed by atoms with Gasteiger partial charge in [-0.3, -0.25) is 9.78 Å². The number of nitrogens with zero attached hydrogens (tertiary/aromatic N) is 4. The molecule has 0 fully saturated rings. The molecule has 0 saturated heterocycles. The van der Waals surface area contributed by atoms with Crippen LogP contribution in [0, 0.1) is 13.8 Å². The van der Waals surface area contributed by atoms with E-state index in [9.17, 15) is 4.79 Å². The lowest BCUT2D eigenvalue weighted by molar-refractivity contribution is 0.671. The lowest BCUT2D eigenvalue weighted by Crippen LogP contribution is -2.19. The molecule has 1 aliphatic carbocycles. The van der Waals surface area contributed by atoms with E-state index in [1.165, 1.54) is 5.56 Å². The van der Waals surface area contributed by atoms with E-state index in [0.29, 0.717) is 17.0 Å². The molecule has 140 valence electrons. The van der Waals surface area contributed by atoms with Crippen LogP contribution in [0.15, 0.2) is 41.2 Å². The molecule has 28 heavy (non-hydrogen) atoms. The predicted octanol–water partition coefficient (Wildman–Crippen LogP) is 3.67. The highest BCUT2D eigenvalue weighted by Crippen LogP contribution is 2.34. The summed E-state index contributed by atoms with van der Waals surface area (Å²) in [6.07, 6.45) is 4.11. The Bertz CT molecular complexity index is 1250. The number of pyridine rings is 1. The van der Waals surface area contributed by atoms with E-state index in [1.54, 1.807) is 4.68 Å². The SMILES string of the molecule is Cc1cc(C)n(-c2nc3nc4c(c(-c5ccccc5)c3c(=O)[nH]2)CCCC4)n1. The van der Waals surface area contributed by atoms with E-state index in [4.69, 9.17) is 9.97 Å². The summed E-state index contributed by atoms with van der Waals surface area (Å²) >= 11 is 0. The summed E-state index contributed by atoms with van der Waals surface area (Å²) < 4.78 is 1.67. The zero-order valence-corrected chi connectivity index (χ0v) is 16.0. The average Bonchev–Trinajstić information content (AvgIpc) is 3.05. The molecule has 4 aromatic rings. The Morgan fingerprint density at radius 1 is 1.04 bits per heavy atom. The molecule has 1 N–H and O–H groups in total. The number of hydrogen-bond acceptors (Lipinski definition) is 4. The Morgan fingerprint density at radius 2 is 1.82 bits per heavy atom. The summed E-state index contributed by atoms with van der Waals surface area (Å²) in [6.45, 7) is 3.87. The van der Waals surface area contributed by atoms with E-state index in [1.807, 2.05) is 38.1 Å². The van der Waals surface area contributed by atoms with Gasteiger partial charge in [0.15, 0.2) is 5.65 Å².